The molecule has 1 aromatic rings. The Morgan fingerprint density at radius 3 is 2.31 bits per heavy atom. The quantitative estimate of drug-likeness (QED) is 0.687. The highest BCUT2D eigenvalue weighted by molar-refractivity contribution is 6.31. The first-order chi connectivity index (χ1) is 5.95. The van der Waals surface area contributed by atoms with Crippen LogP contribution in [0.1, 0.15) is 27.0 Å². The van der Waals surface area contributed by atoms with Crippen LogP contribution >= 0.6 is 11.6 Å². The molecule has 0 atom stereocenters. The molecule has 13 heavy (non-hydrogen) atoms. The number of aromatic carboxylic acids is 1. The Bertz CT molecular complexity index is 343. The molecule has 0 aromatic heterocycles. The van der Waals surface area contributed by atoms with Gasteiger partial charge in [0.2, 0.25) is 0 Å². The standard InChI is InChI=1S/C10H11ClO2/c1-5-4-8(11)7(3)9(6(5)2)10(12)13/h4H,1-3H3,(H,12,13)/p-1. The molecule has 1 rings (SSSR count). The fourth-order valence-electron chi connectivity index (χ4n) is 1.31. The van der Waals surface area contributed by atoms with E-state index in [1.54, 1.807) is 19.9 Å². The minimum Gasteiger partial charge on any atom is -0.545 e. The zero-order valence-corrected chi connectivity index (χ0v) is 8.53. The minimum atomic E-state index is -1.17. The lowest BCUT2D eigenvalue weighted by Gasteiger charge is -2.14. The number of halogens is 1. The van der Waals surface area contributed by atoms with Gasteiger partial charge in [0.15, 0.2) is 0 Å². The second-order valence-electron chi connectivity index (χ2n) is 3.09. The van der Waals surface area contributed by atoms with Gasteiger partial charge in [-0.05, 0) is 43.5 Å². The van der Waals surface area contributed by atoms with Gasteiger partial charge >= 0.3 is 0 Å². The van der Waals surface area contributed by atoms with Crippen molar-refractivity contribution in [3.63, 3.8) is 0 Å². The number of hydrogen-bond acceptors (Lipinski definition) is 2. The monoisotopic (exact) mass is 197 g/mol. The number of carbonyl (C=O) groups is 1. The number of hydrogen-bond donors (Lipinski definition) is 0. The van der Waals surface area contributed by atoms with Crippen molar-refractivity contribution in [1.82, 2.24) is 0 Å². The van der Waals surface area contributed by atoms with Crippen molar-refractivity contribution in [1.29, 1.82) is 0 Å². The summed E-state index contributed by atoms with van der Waals surface area (Å²) in [6.07, 6.45) is 0. The average Bonchev–Trinajstić information content (AvgIpc) is 2.01. The summed E-state index contributed by atoms with van der Waals surface area (Å²) < 4.78 is 0. The molecule has 0 aliphatic rings. The van der Waals surface area contributed by atoms with Crippen LogP contribution in [0.4, 0.5) is 0 Å². The van der Waals surface area contributed by atoms with Crippen molar-refractivity contribution in [2.45, 2.75) is 20.8 Å². The van der Waals surface area contributed by atoms with Gasteiger partial charge < -0.3 is 9.90 Å². The molecule has 0 unspecified atom stereocenters. The van der Waals surface area contributed by atoms with Crippen LogP contribution in [0.25, 0.3) is 0 Å². The second-order valence-corrected chi connectivity index (χ2v) is 3.49. The first-order valence-corrected chi connectivity index (χ1v) is 4.30. The largest absolute Gasteiger partial charge is 0.545 e. The van der Waals surface area contributed by atoms with Crippen LogP contribution < -0.4 is 5.11 Å². The van der Waals surface area contributed by atoms with Crippen LogP contribution in [0.15, 0.2) is 6.07 Å². The normalized spacial score (nSPS) is 10.2. The van der Waals surface area contributed by atoms with E-state index in [0.717, 1.165) is 11.1 Å². The van der Waals surface area contributed by atoms with E-state index >= 15 is 0 Å². The van der Waals surface area contributed by atoms with Crippen molar-refractivity contribution in [3.8, 4) is 0 Å². The van der Waals surface area contributed by atoms with Gasteiger partial charge in [-0.15, -0.1) is 0 Å². The maximum Gasteiger partial charge on any atom is 0.0721 e. The van der Waals surface area contributed by atoms with E-state index < -0.39 is 5.97 Å². The van der Waals surface area contributed by atoms with Gasteiger partial charge in [-0.3, -0.25) is 0 Å². The van der Waals surface area contributed by atoms with Crippen molar-refractivity contribution < 1.29 is 9.90 Å². The molecule has 2 nitrogen and oxygen atoms in total. The second kappa shape index (κ2) is 3.38. The number of carbonyl (C=O) groups excluding carboxylic acids is 1. The fraction of sp³-hybridized carbons (Fsp3) is 0.300. The molecule has 0 aliphatic carbocycles. The van der Waals surface area contributed by atoms with Crippen LogP contribution in [0.2, 0.25) is 5.02 Å². The molecule has 1 aromatic carbocycles. The number of carboxylic acids is 1. The number of rotatable bonds is 1. The lowest BCUT2D eigenvalue weighted by molar-refractivity contribution is -0.255. The SMILES string of the molecule is Cc1cc(Cl)c(C)c(C(=O)[O-])c1C. The van der Waals surface area contributed by atoms with E-state index in [0.29, 0.717) is 10.6 Å². The molecule has 0 amide bonds. The molecule has 0 saturated carbocycles. The minimum absolute atomic E-state index is 0.213. The Labute approximate surface area is 82.2 Å². The van der Waals surface area contributed by atoms with Crippen molar-refractivity contribution >= 4 is 17.6 Å². The maximum atomic E-state index is 10.8. The summed E-state index contributed by atoms with van der Waals surface area (Å²) >= 11 is 5.84. The van der Waals surface area contributed by atoms with Gasteiger partial charge in [0.25, 0.3) is 0 Å². The predicted molar refractivity (Wildman–Crippen MR) is 50.0 cm³/mol. The Balaban J connectivity index is 3.56. The molecule has 0 fully saturated rings. The topological polar surface area (TPSA) is 40.1 Å². The molecule has 0 heterocycles. The van der Waals surface area contributed by atoms with Crippen LogP contribution in [-0.4, -0.2) is 5.97 Å². The summed E-state index contributed by atoms with van der Waals surface area (Å²) in [4.78, 5) is 10.8. The van der Waals surface area contributed by atoms with Crippen molar-refractivity contribution in [3.05, 3.63) is 33.3 Å². The third-order valence-corrected chi connectivity index (χ3v) is 2.64. The smallest absolute Gasteiger partial charge is 0.0721 e. The van der Waals surface area contributed by atoms with Gasteiger partial charge in [0.1, 0.15) is 0 Å². The van der Waals surface area contributed by atoms with Gasteiger partial charge in [-0.2, -0.15) is 0 Å². The number of carboxylic acid groups (broad SMARTS) is 1. The average molecular weight is 198 g/mol. The van der Waals surface area contributed by atoms with Crippen molar-refractivity contribution in [2.75, 3.05) is 0 Å². The Kier molecular flexibility index (Phi) is 2.62. The molecule has 0 bridgehead atoms. The zero-order valence-electron chi connectivity index (χ0n) is 7.77. The highest BCUT2D eigenvalue weighted by Crippen LogP contribution is 2.24. The predicted octanol–water partition coefficient (Wildman–Crippen LogP) is 1.63. The summed E-state index contributed by atoms with van der Waals surface area (Å²) in [5.74, 6) is -1.17. The highest BCUT2D eigenvalue weighted by Gasteiger charge is 2.09. The van der Waals surface area contributed by atoms with E-state index in [4.69, 9.17) is 11.6 Å². The van der Waals surface area contributed by atoms with Crippen LogP contribution in [0.3, 0.4) is 0 Å². The Morgan fingerprint density at radius 1 is 1.31 bits per heavy atom. The molecule has 0 radical (unpaired) electrons. The first kappa shape index (κ1) is 10.1. The number of benzene rings is 1. The molecular weight excluding hydrogens is 188 g/mol. The summed E-state index contributed by atoms with van der Waals surface area (Å²) in [5.41, 5.74) is 2.38. The van der Waals surface area contributed by atoms with E-state index in [1.807, 2.05) is 6.92 Å². The molecular formula is C10H10ClO2-. The lowest BCUT2D eigenvalue weighted by Crippen LogP contribution is -2.24. The number of aryl methyl sites for hydroxylation is 1. The van der Waals surface area contributed by atoms with Crippen LogP contribution in [0, 0.1) is 20.8 Å². The van der Waals surface area contributed by atoms with Crippen LogP contribution in [0.5, 0.6) is 0 Å². The summed E-state index contributed by atoms with van der Waals surface area (Å²) in [7, 11) is 0. The molecule has 0 spiro atoms. The lowest BCUT2D eigenvalue weighted by atomic mass is 9.98. The third-order valence-electron chi connectivity index (χ3n) is 2.25. The summed E-state index contributed by atoms with van der Waals surface area (Å²) in [6.45, 7) is 5.26. The Hall–Kier alpha value is -1.02. The molecule has 3 heteroatoms. The fourth-order valence-corrected chi connectivity index (χ4v) is 1.57. The Morgan fingerprint density at radius 2 is 1.85 bits per heavy atom. The van der Waals surface area contributed by atoms with Gasteiger partial charge in [-0.1, -0.05) is 11.6 Å². The summed E-state index contributed by atoms with van der Waals surface area (Å²) in [5, 5.41) is 11.3. The highest BCUT2D eigenvalue weighted by atomic mass is 35.5. The van der Waals surface area contributed by atoms with Gasteiger partial charge in [0.05, 0.1) is 5.97 Å². The molecule has 0 N–H and O–H groups in total. The van der Waals surface area contributed by atoms with E-state index in [1.165, 1.54) is 0 Å². The zero-order chi connectivity index (χ0) is 10.2. The van der Waals surface area contributed by atoms with Gasteiger partial charge in [0, 0.05) is 10.6 Å². The summed E-state index contributed by atoms with van der Waals surface area (Å²) in [6, 6.07) is 1.76. The van der Waals surface area contributed by atoms with E-state index in [-0.39, 0.29) is 5.56 Å². The molecule has 0 aliphatic heterocycles. The molecule has 0 saturated heterocycles. The van der Waals surface area contributed by atoms with Crippen molar-refractivity contribution in [2.24, 2.45) is 0 Å². The third kappa shape index (κ3) is 1.68. The van der Waals surface area contributed by atoms with E-state index in [2.05, 4.69) is 0 Å². The van der Waals surface area contributed by atoms with Crippen LogP contribution in [-0.2, 0) is 0 Å². The maximum absolute atomic E-state index is 10.8. The van der Waals surface area contributed by atoms with E-state index in [9.17, 15) is 9.90 Å². The molecule has 70 valence electrons. The first-order valence-electron chi connectivity index (χ1n) is 3.92. The van der Waals surface area contributed by atoms with Gasteiger partial charge in [-0.25, -0.2) is 0 Å².